The van der Waals surface area contributed by atoms with Crippen molar-refractivity contribution in [3.63, 3.8) is 0 Å². The predicted molar refractivity (Wildman–Crippen MR) is 106 cm³/mol. The van der Waals surface area contributed by atoms with Crippen molar-refractivity contribution in [2.45, 2.75) is 39.0 Å². The van der Waals surface area contributed by atoms with Crippen molar-refractivity contribution in [3.8, 4) is 17.6 Å². The maximum atomic E-state index is 5.17. The van der Waals surface area contributed by atoms with Crippen molar-refractivity contribution >= 4 is 5.57 Å². The van der Waals surface area contributed by atoms with E-state index in [1.54, 1.807) is 7.11 Å². The quantitative estimate of drug-likeness (QED) is 0.617. The average Bonchev–Trinajstić information content (AvgIpc) is 2.68. The molecule has 3 rings (SSSR count). The Kier molecular flexibility index (Phi) is 5.96. The molecule has 0 fully saturated rings. The van der Waals surface area contributed by atoms with Crippen molar-refractivity contribution in [1.82, 2.24) is 0 Å². The first kappa shape index (κ1) is 17.4. The van der Waals surface area contributed by atoms with Crippen LogP contribution in [0.2, 0.25) is 0 Å². The summed E-state index contributed by atoms with van der Waals surface area (Å²) in [5.74, 6) is 8.20. The molecule has 1 aliphatic carbocycles. The van der Waals surface area contributed by atoms with Gasteiger partial charge in [-0.05, 0) is 72.7 Å². The Morgan fingerprint density at radius 3 is 2.12 bits per heavy atom. The summed E-state index contributed by atoms with van der Waals surface area (Å²) in [6, 6.07) is 16.5. The van der Waals surface area contributed by atoms with Crippen molar-refractivity contribution in [2.24, 2.45) is 5.92 Å². The third-order valence-corrected chi connectivity index (χ3v) is 4.91. The molecule has 2 aromatic rings. The van der Waals surface area contributed by atoms with Crippen LogP contribution in [0.1, 0.15) is 55.7 Å². The molecule has 0 aliphatic heterocycles. The van der Waals surface area contributed by atoms with Crippen molar-refractivity contribution in [3.05, 3.63) is 71.3 Å². The van der Waals surface area contributed by atoms with Gasteiger partial charge < -0.3 is 4.74 Å². The molecule has 0 saturated heterocycles. The molecule has 0 heterocycles. The Morgan fingerprint density at radius 1 is 0.960 bits per heavy atom. The summed E-state index contributed by atoms with van der Waals surface area (Å²) in [6.45, 7) is 2.28. The standard InChI is InChI=1S/C24H26O/c1-3-4-19-7-13-22(14-8-19)23-15-9-20(10-16-23)5-6-21-11-17-24(25-2)18-12-21/h9-13,15-19H,3-4,7-8,14H2,1-2H3. The van der Waals surface area contributed by atoms with Crippen LogP contribution in [0.4, 0.5) is 0 Å². The number of hydrogen-bond donors (Lipinski definition) is 0. The van der Waals surface area contributed by atoms with Crippen LogP contribution in [0.5, 0.6) is 5.75 Å². The average molecular weight is 330 g/mol. The molecule has 0 aromatic heterocycles. The molecule has 1 nitrogen and oxygen atoms in total. The first-order chi connectivity index (χ1) is 12.3. The SMILES string of the molecule is CCCC1CC=C(c2ccc(C#Cc3ccc(OC)cc3)cc2)CC1. The minimum Gasteiger partial charge on any atom is -0.497 e. The van der Waals surface area contributed by atoms with Crippen LogP contribution in [0.3, 0.4) is 0 Å². The number of ether oxygens (including phenoxy) is 1. The second kappa shape index (κ2) is 8.58. The van der Waals surface area contributed by atoms with E-state index in [0.717, 1.165) is 22.8 Å². The second-order valence-electron chi connectivity index (χ2n) is 6.71. The molecule has 1 unspecified atom stereocenters. The van der Waals surface area contributed by atoms with Gasteiger partial charge in [-0.15, -0.1) is 0 Å². The maximum Gasteiger partial charge on any atom is 0.118 e. The van der Waals surface area contributed by atoms with Gasteiger partial charge in [0.2, 0.25) is 0 Å². The number of methoxy groups -OCH3 is 1. The lowest BCUT2D eigenvalue weighted by molar-refractivity contribution is 0.415. The molecule has 2 aromatic carbocycles. The molecule has 1 aliphatic rings. The van der Waals surface area contributed by atoms with Gasteiger partial charge in [0.25, 0.3) is 0 Å². The molecule has 0 spiro atoms. The summed E-state index contributed by atoms with van der Waals surface area (Å²) in [5.41, 5.74) is 4.91. The van der Waals surface area contributed by atoms with Crippen LogP contribution < -0.4 is 4.74 Å². The molecule has 25 heavy (non-hydrogen) atoms. The maximum absolute atomic E-state index is 5.17. The smallest absolute Gasteiger partial charge is 0.118 e. The van der Waals surface area contributed by atoms with E-state index in [-0.39, 0.29) is 0 Å². The molecule has 0 saturated carbocycles. The normalized spacial score (nSPS) is 16.6. The van der Waals surface area contributed by atoms with Gasteiger partial charge in [0, 0.05) is 11.1 Å². The molecule has 0 radical (unpaired) electrons. The Morgan fingerprint density at radius 2 is 1.60 bits per heavy atom. The Hall–Kier alpha value is -2.46. The summed E-state index contributed by atoms with van der Waals surface area (Å²) in [5, 5.41) is 0. The summed E-state index contributed by atoms with van der Waals surface area (Å²) in [7, 11) is 1.67. The van der Waals surface area contributed by atoms with Crippen molar-refractivity contribution < 1.29 is 4.74 Å². The summed E-state index contributed by atoms with van der Waals surface area (Å²) < 4.78 is 5.17. The number of hydrogen-bond acceptors (Lipinski definition) is 1. The van der Waals surface area contributed by atoms with E-state index in [2.05, 4.69) is 49.1 Å². The molecule has 128 valence electrons. The van der Waals surface area contributed by atoms with E-state index in [0.29, 0.717) is 0 Å². The highest BCUT2D eigenvalue weighted by Crippen LogP contribution is 2.32. The van der Waals surface area contributed by atoms with Gasteiger partial charge in [-0.1, -0.05) is 49.8 Å². The fourth-order valence-electron chi connectivity index (χ4n) is 3.41. The Balaban J connectivity index is 1.66. The van der Waals surface area contributed by atoms with E-state index in [4.69, 9.17) is 4.74 Å². The van der Waals surface area contributed by atoms with Crippen LogP contribution in [0.25, 0.3) is 5.57 Å². The van der Waals surface area contributed by atoms with Crippen LogP contribution in [-0.4, -0.2) is 7.11 Å². The minimum atomic E-state index is 0.858. The predicted octanol–water partition coefficient (Wildman–Crippen LogP) is 6.08. The highest BCUT2D eigenvalue weighted by atomic mass is 16.5. The van der Waals surface area contributed by atoms with Crippen LogP contribution in [0.15, 0.2) is 54.6 Å². The first-order valence-electron chi connectivity index (χ1n) is 9.24. The van der Waals surface area contributed by atoms with E-state index in [1.165, 1.54) is 43.2 Å². The van der Waals surface area contributed by atoms with E-state index >= 15 is 0 Å². The van der Waals surface area contributed by atoms with Gasteiger partial charge >= 0.3 is 0 Å². The first-order valence-corrected chi connectivity index (χ1v) is 9.24. The largest absolute Gasteiger partial charge is 0.497 e. The molecule has 0 N–H and O–H groups in total. The molecule has 0 bridgehead atoms. The summed E-state index contributed by atoms with van der Waals surface area (Å²) in [4.78, 5) is 0. The minimum absolute atomic E-state index is 0.858. The Labute approximate surface area is 151 Å². The highest BCUT2D eigenvalue weighted by molar-refractivity contribution is 5.67. The number of benzene rings is 2. The van der Waals surface area contributed by atoms with E-state index in [9.17, 15) is 0 Å². The lowest BCUT2D eigenvalue weighted by Crippen LogP contribution is -2.04. The fraction of sp³-hybridized carbons (Fsp3) is 0.333. The Bertz CT molecular complexity index is 770. The molecular weight excluding hydrogens is 304 g/mol. The second-order valence-corrected chi connectivity index (χ2v) is 6.71. The van der Waals surface area contributed by atoms with E-state index < -0.39 is 0 Å². The van der Waals surface area contributed by atoms with Gasteiger partial charge in [0.05, 0.1) is 7.11 Å². The van der Waals surface area contributed by atoms with E-state index in [1.807, 2.05) is 24.3 Å². The molecule has 1 heteroatoms. The molecule has 1 atom stereocenters. The number of allylic oxidation sites excluding steroid dienone is 2. The van der Waals surface area contributed by atoms with Crippen LogP contribution in [0, 0.1) is 17.8 Å². The van der Waals surface area contributed by atoms with Gasteiger partial charge in [-0.3, -0.25) is 0 Å². The van der Waals surface area contributed by atoms with Gasteiger partial charge in [-0.2, -0.15) is 0 Å². The third-order valence-electron chi connectivity index (χ3n) is 4.91. The topological polar surface area (TPSA) is 9.23 Å². The van der Waals surface area contributed by atoms with Crippen LogP contribution in [-0.2, 0) is 0 Å². The lowest BCUT2D eigenvalue weighted by atomic mass is 9.84. The molecular formula is C24H26O. The fourth-order valence-corrected chi connectivity index (χ4v) is 3.41. The summed E-state index contributed by atoms with van der Waals surface area (Å²) >= 11 is 0. The van der Waals surface area contributed by atoms with Gasteiger partial charge in [0.15, 0.2) is 0 Å². The zero-order valence-corrected chi connectivity index (χ0v) is 15.2. The molecule has 0 amide bonds. The third kappa shape index (κ3) is 4.77. The van der Waals surface area contributed by atoms with Crippen molar-refractivity contribution in [1.29, 1.82) is 0 Å². The van der Waals surface area contributed by atoms with Crippen molar-refractivity contribution in [2.75, 3.05) is 7.11 Å². The van der Waals surface area contributed by atoms with Gasteiger partial charge in [0.1, 0.15) is 5.75 Å². The zero-order valence-electron chi connectivity index (χ0n) is 15.2. The van der Waals surface area contributed by atoms with Crippen LogP contribution >= 0.6 is 0 Å². The van der Waals surface area contributed by atoms with Gasteiger partial charge in [-0.25, -0.2) is 0 Å². The lowest BCUT2D eigenvalue weighted by Gasteiger charge is -2.21. The summed E-state index contributed by atoms with van der Waals surface area (Å²) in [6.07, 6.45) is 8.89. The zero-order chi connectivity index (χ0) is 17.5. The number of rotatable bonds is 4. The highest BCUT2D eigenvalue weighted by Gasteiger charge is 2.14. The monoisotopic (exact) mass is 330 g/mol.